The number of hydrogen-bond donors (Lipinski definition) is 1. The molecule has 0 radical (unpaired) electrons. The summed E-state index contributed by atoms with van der Waals surface area (Å²) in [4.78, 5) is 0. The van der Waals surface area contributed by atoms with Crippen molar-refractivity contribution in [3.8, 4) is 0 Å². The highest BCUT2D eigenvalue weighted by atomic mass is 16.5. The summed E-state index contributed by atoms with van der Waals surface area (Å²) in [7, 11) is 1.84. The molecule has 1 heterocycles. The van der Waals surface area contributed by atoms with Crippen LogP contribution in [0.4, 0.5) is 0 Å². The Kier molecular flexibility index (Phi) is 7.72. The van der Waals surface area contributed by atoms with Crippen LogP contribution in [0.15, 0.2) is 17.8 Å². The zero-order valence-corrected chi connectivity index (χ0v) is 17.5. The lowest BCUT2D eigenvalue weighted by molar-refractivity contribution is -0.0739. The molecule has 1 aliphatic carbocycles. The van der Waals surface area contributed by atoms with E-state index in [-0.39, 0.29) is 11.5 Å². The van der Waals surface area contributed by atoms with Gasteiger partial charge in [-0.3, -0.25) is 5.01 Å². The second kappa shape index (κ2) is 9.36. The first-order valence-electron chi connectivity index (χ1n) is 10.8. The van der Waals surface area contributed by atoms with Crippen LogP contribution < -0.4 is 0 Å². The van der Waals surface area contributed by atoms with Crippen molar-refractivity contribution in [2.45, 2.75) is 102 Å². The highest BCUT2D eigenvalue weighted by Crippen LogP contribution is 2.39. The molecule has 1 N–H and O–H groups in total. The lowest BCUT2D eigenvalue weighted by Crippen LogP contribution is -2.51. The van der Waals surface area contributed by atoms with Crippen molar-refractivity contribution >= 4 is 5.71 Å². The Labute approximate surface area is 160 Å². The van der Waals surface area contributed by atoms with Gasteiger partial charge in [0.15, 0.2) is 0 Å². The maximum atomic E-state index is 11.6. The monoisotopic (exact) mass is 364 g/mol. The van der Waals surface area contributed by atoms with Gasteiger partial charge in [-0.1, -0.05) is 33.3 Å². The standard InChI is InChI=1S/C22H40N2O2/c1-6-13-18(7-2)22(25)16-11-10-14-19(22)23-24-17-12-15-20(24)21(8-3,9-4)26-5/h7,18,20,25H,2,6,8-17H2,1,3-5H3/b23-19+/t18-,20+,22-/m1/s1. The number of methoxy groups -OCH3 is 1. The third kappa shape index (κ3) is 4.01. The van der Waals surface area contributed by atoms with E-state index in [4.69, 9.17) is 9.84 Å². The first kappa shape index (κ1) is 21.4. The average Bonchev–Trinajstić information content (AvgIpc) is 3.12. The fraction of sp³-hybridized carbons (Fsp3) is 0.864. The van der Waals surface area contributed by atoms with Gasteiger partial charge in [0.1, 0.15) is 5.60 Å². The highest BCUT2D eigenvalue weighted by molar-refractivity contribution is 5.93. The third-order valence-corrected chi connectivity index (χ3v) is 6.90. The molecule has 0 aromatic heterocycles. The molecule has 4 heteroatoms. The molecule has 0 bridgehead atoms. The van der Waals surface area contributed by atoms with Crippen LogP contribution in [0.3, 0.4) is 0 Å². The van der Waals surface area contributed by atoms with E-state index >= 15 is 0 Å². The average molecular weight is 365 g/mol. The fourth-order valence-corrected chi connectivity index (χ4v) is 5.15. The van der Waals surface area contributed by atoms with Crippen molar-refractivity contribution in [2.24, 2.45) is 11.0 Å². The smallest absolute Gasteiger partial charge is 0.111 e. The van der Waals surface area contributed by atoms with Crippen molar-refractivity contribution in [1.82, 2.24) is 5.01 Å². The number of nitrogens with zero attached hydrogens (tertiary/aromatic N) is 2. The van der Waals surface area contributed by atoms with Gasteiger partial charge in [0.2, 0.25) is 0 Å². The maximum absolute atomic E-state index is 11.6. The second-order valence-corrected chi connectivity index (χ2v) is 8.11. The summed E-state index contributed by atoms with van der Waals surface area (Å²) in [6.07, 6.45) is 12.1. The maximum Gasteiger partial charge on any atom is 0.111 e. The van der Waals surface area contributed by atoms with Gasteiger partial charge in [0.05, 0.1) is 17.4 Å². The molecule has 2 aliphatic rings. The summed E-state index contributed by atoms with van der Waals surface area (Å²) < 4.78 is 6.01. The minimum atomic E-state index is -0.822. The van der Waals surface area contributed by atoms with Crippen molar-refractivity contribution in [3.63, 3.8) is 0 Å². The van der Waals surface area contributed by atoms with E-state index in [1.807, 2.05) is 13.2 Å². The number of ether oxygens (including phenoxy) is 1. The number of rotatable bonds is 9. The molecule has 0 aromatic rings. The number of aliphatic hydroxyl groups is 1. The van der Waals surface area contributed by atoms with Gasteiger partial charge in [-0.25, -0.2) is 0 Å². The summed E-state index contributed by atoms with van der Waals surface area (Å²) in [6, 6.07) is 0.300. The van der Waals surface area contributed by atoms with E-state index < -0.39 is 5.60 Å². The summed E-state index contributed by atoms with van der Waals surface area (Å²) in [6.45, 7) is 11.6. The minimum absolute atomic E-state index is 0.0946. The minimum Gasteiger partial charge on any atom is -0.383 e. The normalized spacial score (nSPS) is 30.0. The van der Waals surface area contributed by atoms with Crippen LogP contribution >= 0.6 is 0 Å². The Balaban J connectivity index is 2.33. The lowest BCUT2D eigenvalue weighted by Gasteiger charge is -2.43. The molecule has 0 amide bonds. The van der Waals surface area contributed by atoms with E-state index in [2.05, 4.69) is 32.4 Å². The second-order valence-electron chi connectivity index (χ2n) is 8.11. The molecule has 2 rings (SSSR count). The van der Waals surface area contributed by atoms with Crippen LogP contribution in [0.5, 0.6) is 0 Å². The van der Waals surface area contributed by atoms with Crippen LogP contribution in [-0.4, -0.2) is 46.7 Å². The van der Waals surface area contributed by atoms with E-state index in [1.54, 1.807) is 0 Å². The quantitative estimate of drug-likeness (QED) is 0.591. The van der Waals surface area contributed by atoms with E-state index in [0.717, 1.165) is 76.5 Å². The van der Waals surface area contributed by atoms with Gasteiger partial charge >= 0.3 is 0 Å². The van der Waals surface area contributed by atoms with Crippen LogP contribution in [-0.2, 0) is 4.74 Å². The molecule has 0 aromatic carbocycles. The summed E-state index contributed by atoms with van der Waals surface area (Å²) in [5.41, 5.74) is 0.0116. The molecule has 150 valence electrons. The van der Waals surface area contributed by atoms with Gasteiger partial charge in [0.25, 0.3) is 0 Å². The molecule has 1 saturated carbocycles. The van der Waals surface area contributed by atoms with E-state index in [0.29, 0.717) is 6.04 Å². The molecule has 26 heavy (non-hydrogen) atoms. The molecular weight excluding hydrogens is 324 g/mol. The largest absolute Gasteiger partial charge is 0.383 e. The Bertz CT molecular complexity index is 478. The zero-order valence-electron chi connectivity index (χ0n) is 17.5. The van der Waals surface area contributed by atoms with Gasteiger partial charge in [-0.2, -0.15) is 5.10 Å². The number of hydrogen-bond acceptors (Lipinski definition) is 4. The summed E-state index contributed by atoms with van der Waals surface area (Å²) in [5, 5.41) is 18.9. The Morgan fingerprint density at radius 2 is 2.08 bits per heavy atom. The lowest BCUT2D eigenvalue weighted by atomic mass is 9.72. The molecule has 0 spiro atoms. The molecule has 0 unspecified atom stereocenters. The van der Waals surface area contributed by atoms with Gasteiger partial charge in [-0.05, 0) is 57.8 Å². The summed E-state index contributed by atoms with van der Waals surface area (Å²) >= 11 is 0. The molecular formula is C22H40N2O2. The van der Waals surface area contributed by atoms with Crippen molar-refractivity contribution < 1.29 is 9.84 Å². The van der Waals surface area contributed by atoms with Crippen LogP contribution in [0, 0.1) is 5.92 Å². The predicted octanol–water partition coefficient (Wildman–Crippen LogP) is 4.92. The molecule has 1 saturated heterocycles. The topological polar surface area (TPSA) is 45.1 Å². The third-order valence-electron chi connectivity index (χ3n) is 6.90. The highest BCUT2D eigenvalue weighted by Gasteiger charge is 2.45. The fourth-order valence-electron chi connectivity index (χ4n) is 5.15. The zero-order chi connectivity index (χ0) is 19.2. The molecule has 2 fully saturated rings. The van der Waals surface area contributed by atoms with Gasteiger partial charge in [0, 0.05) is 19.6 Å². The van der Waals surface area contributed by atoms with Gasteiger partial charge in [-0.15, -0.1) is 6.58 Å². The molecule has 3 atom stereocenters. The van der Waals surface area contributed by atoms with Crippen molar-refractivity contribution in [1.29, 1.82) is 0 Å². The summed E-state index contributed by atoms with van der Waals surface area (Å²) in [5.74, 6) is 0.0946. The molecule has 1 aliphatic heterocycles. The Morgan fingerprint density at radius 3 is 2.65 bits per heavy atom. The molecule has 4 nitrogen and oxygen atoms in total. The Hall–Kier alpha value is -0.870. The van der Waals surface area contributed by atoms with Crippen molar-refractivity contribution in [3.05, 3.63) is 12.7 Å². The first-order valence-corrected chi connectivity index (χ1v) is 10.8. The van der Waals surface area contributed by atoms with Crippen molar-refractivity contribution in [2.75, 3.05) is 13.7 Å². The van der Waals surface area contributed by atoms with E-state index in [1.165, 1.54) is 0 Å². The first-order chi connectivity index (χ1) is 12.5. The SMILES string of the molecule is C=C[C@H](CCC)[C@]1(O)CCCC/C1=N\N1CCC[C@H]1C(CC)(CC)OC. The van der Waals surface area contributed by atoms with Crippen LogP contribution in [0.1, 0.15) is 85.0 Å². The van der Waals surface area contributed by atoms with Gasteiger partial charge < -0.3 is 9.84 Å². The van der Waals surface area contributed by atoms with Crippen LogP contribution in [0.25, 0.3) is 0 Å². The van der Waals surface area contributed by atoms with E-state index in [9.17, 15) is 5.11 Å². The predicted molar refractivity (Wildman–Crippen MR) is 109 cm³/mol. The number of hydrazone groups is 1. The van der Waals surface area contributed by atoms with Crippen LogP contribution in [0.2, 0.25) is 0 Å². The Morgan fingerprint density at radius 1 is 1.35 bits per heavy atom.